The molecule has 0 fully saturated rings. The number of hydrogen-bond donors (Lipinski definition) is 15. The van der Waals surface area contributed by atoms with Crippen LogP contribution in [0.5, 0.6) is 0 Å². The van der Waals surface area contributed by atoms with Gasteiger partial charge in [0.2, 0.25) is 0 Å². The number of ether oxygens (including phenoxy) is 1. The van der Waals surface area contributed by atoms with E-state index in [4.69, 9.17) is 27.0 Å². The Labute approximate surface area is 272 Å². The van der Waals surface area contributed by atoms with Crippen molar-refractivity contribution in [3.05, 3.63) is 0 Å². The molecule has 0 aliphatic rings. The summed E-state index contributed by atoms with van der Waals surface area (Å²) >= 11 is 0. The molecule has 0 spiro atoms. The number of aliphatic hydroxyl groups excluding tert-OH is 4. The summed E-state index contributed by atoms with van der Waals surface area (Å²) in [6.07, 6.45) is -2.50. The second kappa shape index (κ2) is 23.5. The van der Waals surface area contributed by atoms with E-state index in [0.29, 0.717) is 51.5 Å². The molecule has 0 aromatic heterocycles. The lowest BCUT2D eigenvalue weighted by Crippen LogP contribution is -2.61. The maximum Gasteiger partial charge on any atom is 0.408 e. The van der Waals surface area contributed by atoms with Crippen LogP contribution in [0.4, 0.5) is 4.79 Å². The zero-order valence-corrected chi connectivity index (χ0v) is 27.9. The number of aliphatic hydroxyl groups is 4. The number of carbonyl (C=O) groups excluding carboxylic acids is 2. The summed E-state index contributed by atoms with van der Waals surface area (Å²) in [5.41, 5.74) is 9.95. The van der Waals surface area contributed by atoms with Gasteiger partial charge in [0.25, 0.3) is 0 Å². The Morgan fingerprint density at radius 3 is 1.78 bits per heavy atom. The van der Waals surface area contributed by atoms with Crippen LogP contribution in [0, 0.1) is 16.7 Å². The van der Waals surface area contributed by atoms with Crippen LogP contribution in [-0.4, -0.2) is 120 Å². The van der Waals surface area contributed by atoms with Gasteiger partial charge in [0.05, 0.1) is 12.6 Å². The van der Waals surface area contributed by atoms with E-state index in [9.17, 15) is 30.0 Å². The van der Waals surface area contributed by atoms with Crippen LogP contribution in [0.15, 0.2) is 0 Å². The second-order valence-electron chi connectivity index (χ2n) is 12.6. The zero-order chi connectivity index (χ0) is 35.3. The molecule has 0 heterocycles. The first kappa shape index (κ1) is 43.2. The van der Waals surface area contributed by atoms with Crippen molar-refractivity contribution in [1.29, 1.82) is 10.8 Å². The van der Waals surface area contributed by atoms with Crippen LogP contribution in [0.25, 0.3) is 0 Å². The van der Waals surface area contributed by atoms with E-state index in [2.05, 4.69) is 37.2 Å². The number of aldehydes is 1. The maximum atomic E-state index is 12.6. The molecule has 46 heavy (non-hydrogen) atoms. The third-order valence-corrected chi connectivity index (χ3v) is 6.64. The molecule has 0 rings (SSSR count). The topological polar surface area (TPSA) is 308 Å². The molecule has 0 saturated heterocycles. The minimum atomic E-state index is -1.32. The van der Waals surface area contributed by atoms with E-state index in [-0.39, 0.29) is 37.3 Å². The van der Waals surface area contributed by atoms with E-state index >= 15 is 0 Å². The number of amides is 1. The van der Waals surface area contributed by atoms with Crippen molar-refractivity contribution in [3.8, 4) is 0 Å². The second-order valence-corrected chi connectivity index (χ2v) is 12.6. The molecule has 4 unspecified atom stereocenters. The van der Waals surface area contributed by atoms with Crippen molar-refractivity contribution >= 4 is 24.3 Å². The van der Waals surface area contributed by atoms with Crippen LogP contribution in [0.1, 0.15) is 73.1 Å². The van der Waals surface area contributed by atoms with Gasteiger partial charge in [-0.05, 0) is 65.2 Å². The molecule has 7 atom stereocenters. The number of nitrogens with two attached hydrogens (primary N) is 2. The lowest BCUT2D eigenvalue weighted by molar-refractivity contribution is -0.107. The smallest absolute Gasteiger partial charge is 0.408 e. The molecule has 18 nitrogen and oxygen atoms in total. The maximum absolute atomic E-state index is 12.6. The molecule has 18 heteroatoms. The Morgan fingerprint density at radius 1 is 0.804 bits per heavy atom. The number of carbonyl (C=O) groups is 2. The minimum Gasteiger partial charge on any atom is -0.444 e. The van der Waals surface area contributed by atoms with Gasteiger partial charge in [0.1, 0.15) is 36.8 Å². The van der Waals surface area contributed by atoms with Crippen LogP contribution in [0.3, 0.4) is 0 Å². The van der Waals surface area contributed by atoms with Crippen LogP contribution in [-0.2, 0) is 9.53 Å². The zero-order valence-electron chi connectivity index (χ0n) is 27.9. The average Bonchev–Trinajstić information content (AvgIpc) is 2.94. The van der Waals surface area contributed by atoms with Crippen molar-refractivity contribution in [2.24, 2.45) is 17.4 Å². The molecule has 0 aliphatic carbocycles. The van der Waals surface area contributed by atoms with Crippen LogP contribution >= 0.6 is 0 Å². The monoisotopic (exact) mass is 663 g/mol. The lowest BCUT2D eigenvalue weighted by Gasteiger charge is -2.35. The van der Waals surface area contributed by atoms with Crippen LogP contribution in [0.2, 0.25) is 0 Å². The summed E-state index contributed by atoms with van der Waals surface area (Å²) in [4.78, 5) is 23.2. The van der Waals surface area contributed by atoms with Crippen LogP contribution < -0.4 is 48.7 Å². The SMILES string of the molecule is CC(C)CC[C@@H](NC(O)[C@H](CCCNC(=N)N)NC(=O)OC(C)(C)C)C(O)N[C@@H](CCCNC(=N)N)C(O)NCC(O)NCC=O. The van der Waals surface area contributed by atoms with Gasteiger partial charge in [-0.3, -0.25) is 32.1 Å². The highest BCUT2D eigenvalue weighted by molar-refractivity contribution is 5.74. The molecule has 0 aromatic rings. The van der Waals surface area contributed by atoms with E-state index in [0.717, 1.165) is 0 Å². The van der Waals surface area contributed by atoms with Crippen molar-refractivity contribution in [1.82, 2.24) is 37.2 Å². The number of hydrogen-bond acceptors (Lipinski definition) is 13. The highest BCUT2D eigenvalue weighted by Gasteiger charge is 2.31. The van der Waals surface area contributed by atoms with Crippen molar-refractivity contribution < 1.29 is 34.8 Å². The number of nitrogens with one attached hydrogen (secondary N) is 9. The van der Waals surface area contributed by atoms with Gasteiger partial charge in [0, 0.05) is 31.7 Å². The van der Waals surface area contributed by atoms with Crippen molar-refractivity contribution in [2.45, 2.75) is 122 Å². The summed E-state index contributed by atoms with van der Waals surface area (Å²) in [6, 6.07) is -2.32. The van der Waals surface area contributed by atoms with Gasteiger partial charge >= 0.3 is 6.09 Å². The minimum absolute atomic E-state index is 0.0708. The quantitative estimate of drug-likeness (QED) is 0.0157. The normalized spacial score (nSPS) is 16.4. The molecular weight excluding hydrogens is 602 g/mol. The van der Waals surface area contributed by atoms with Crippen molar-refractivity contribution in [2.75, 3.05) is 26.2 Å². The molecule has 0 saturated carbocycles. The molecule has 17 N–H and O–H groups in total. The molecule has 0 bridgehead atoms. The first-order valence-corrected chi connectivity index (χ1v) is 15.7. The van der Waals surface area contributed by atoms with Gasteiger partial charge in [-0.1, -0.05) is 13.8 Å². The first-order valence-electron chi connectivity index (χ1n) is 15.7. The summed E-state index contributed by atoms with van der Waals surface area (Å²) in [5, 5.41) is 77.7. The average molecular weight is 664 g/mol. The third kappa shape index (κ3) is 22.6. The van der Waals surface area contributed by atoms with Gasteiger partial charge in [-0.15, -0.1) is 0 Å². The third-order valence-electron chi connectivity index (χ3n) is 6.64. The van der Waals surface area contributed by atoms with Gasteiger partial charge < -0.3 is 57.4 Å². The van der Waals surface area contributed by atoms with Gasteiger partial charge in [-0.25, -0.2) is 4.79 Å². The molecule has 0 aliphatic heterocycles. The molecule has 1 amide bonds. The van der Waals surface area contributed by atoms with Gasteiger partial charge in [0.15, 0.2) is 11.9 Å². The Morgan fingerprint density at radius 2 is 1.30 bits per heavy atom. The summed E-state index contributed by atoms with van der Waals surface area (Å²) < 4.78 is 5.38. The van der Waals surface area contributed by atoms with Crippen molar-refractivity contribution in [3.63, 3.8) is 0 Å². The first-order chi connectivity index (χ1) is 21.4. The van der Waals surface area contributed by atoms with E-state index in [1.807, 2.05) is 13.8 Å². The largest absolute Gasteiger partial charge is 0.444 e. The van der Waals surface area contributed by atoms with E-state index in [1.54, 1.807) is 20.8 Å². The molecule has 0 radical (unpaired) electrons. The van der Waals surface area contributed by atoms with E-state index in [1.165, 1.54) is 0 Å². The molecule has 270 valence electrons. The fourth-order valence-electron chi connectivity index (χ4n) is 4.34. The Kier molecular flexibility index (Phi) is 22.0. The van der Waals surface area contributed by atoms with E-state index < -0.39 is 54.7 Å². The fraction of sp³-hybridized carbons (Fsp3) is 0.857. The Bertz CT molecular complexity index is 879. The highest BCUT2D eigenvalue weighted by Crippen LogP contribution is 2.14. The lowest BCUT2D eigenvalue weighted by atomic mass is 10.00. The fourth-order valence-corrected chi connectivity index (χ4v) is 4.34. The molecule has 0 aromatic carbocycles. The number of rotatable bonds is 25. The Hall–Kier alpha value is -2.84. The molecular formula is C28H61N11O7. The predicted octanol–water partition coefficient (Wildman–Crippen LogP) is -2.59. The highest BCUT2D eigenvalue weighted by atomic mass is 16.6. The predicted molar refractivity (Wildman–Crippen MR) is 175 cm³/mol. The number of guanidine groups is 2. The summed E-state index contributed by atoms with van der Waals surface area (Å²) in [5.74, 6) is -0.137. The van der Waals surface area contributed by atoms with Gasteiger partial charge in [-0.2, -0.15) is 0 Å². The standard InChI is InChI=1S/C28H61N11O7/c1-17(2)10-11-20(38-23(43)19(9-7-13-35-26(31)32)39-27(45)46-28(3,4)5)24(44)37-18(8-6-12-34-25(29)30)22(42)36-16-21(41)33-14-15-40/h15,17-24,33,36-38,41-44H,6-14,16H2,1-5H3,(H,39,45)(H4,29,30,34)(H4,31,32,35)/t18-,19-,20+,21?,22?,23?,24?/m0/s1. The number of alkyl carbamates (subject to hydrolysis) is 1. The Balaban J connectivity index is 5.83. The summed E-state index contributed by atoms with van der Waals surface area (Å²) in [7, 11) is 0. The summed E-state index contributed by atoms with van der Waals surface area (Å²) in [6.45, 7) is 9.69.